The summed E-state index contributed by atoms with van der Waals surface area (Å²) in [6, 6.07) is 10.2. The molecule has 2 N–H and O–H groups in total. The van der Waals surface area contributed by atoms with Gasteiger partial charge in [-0.3, -0.25) is 0 Å². The summed E-state index contributed by atoms with van der Waals surface area (Å²) in [6.07, 6.45) is -4.59. The van der Waals surface area contributed by atoms with Gasteiger partial charge in [0.15, 0.2) is 0 Å². The van der Waals surface area contributed by atoms with Crippen LogP contribution in [0.25, 0.3) is 10.9 Å². The molecule has 2 aromatic carbocycles. The summed E-state index contributed by atoms with van der Waals surface area (Å²) >= 11 is 11.1. The molecular formula is C21H18ClF3N4OS. The Morgan fingerprint density at radius 2 is 2.00 bits per heavy atom. The second-order valence-corrected chi connectivity index (χ2v) is 8.00. The zero-order valence-corrected chi connectivity index (χ0v) is 18.2. The number of thiocarbonyl (C=S) groups is 1. The fraction of sp³-hybridized carbons (Fsp3) is 0.286. The predicted molar refractivity (Wildman–Crippen MR) is 116 cm³/mol. The van der Waals surface area contributed by atoms with Gasteiger partial charge in [-0.2, -0.15) is 23.5 Å². The molecule has 0 fully saturated rings. The maximum Gasteiger partial charge on any atom is 0.416 e. The fourth-order valence-electron chi connectivity index (χ4n) is 3.35. The summed E-state index contributed by atoms with van der Waals surface area (Å²) in [5.74, 6) is 0.388. The van der Waals surface area contributed by atoms with Crippen molar-refractivity contribution in [2.24, 2.45) is 5.73 Å². The lowest BCUT2D eigenvalue weighted by Gasteiger charge is -2.26. The van der Waals surface area contributed by atoms with Gasteiger partial charge in [-0.1, -0.05) is 29.9 Å². The number of ether oxygens (including phenoxy) is 1. The number of nitrogens with zero attached hydrogens (tertiary/aromatic N) is 3. The number of halogens is 4. The van der Waals surface area contributed by atoms with Crippen molar-refractivity contribution < 1.29 is 17.9 Å². The van der Waals surface area contributed by atoms with E-state index in [0.717, 1.165) is 12.1 Å². The Morgan fingerprint density at radius 1 is 1.29 bits per heavy atom. The Balaban J connectivity index is 2.19. The van der Waals surface area contributed by atoms with Crippen LogP contribution in [0.4, 0.5) is 13.2 Å². The van der Waals surface area contributed by atoms with Gasteiger partial charge in [0.1, 0.15) is 4.99 Å². The predicted octanol–water partition coefficient (Wildman–Crippen LogP) is 5.22. The number of nitrogens with two attached hydrogens (primary N) is 1. The van der Waals surface area contributed by atoms with Crippen LogP contribution in [0.1, 0.15) is 30.5 Å². The van der Waals surface area contributed by atoms with E-state index in [1.54, 1.807) is 25.1 Å². The Labute approximate surface area is 187 Å². The molecule has 5 nitrogen and oxygen atoms in total. The molecule has 0 spiro atoms. The van der Waals surface area contributed by atoms with Gasteiger partial charge in [-0.25, -0.2) is 4.68 Å². The van der Waals surface area contributed by atoms with Crippen molar-refractivity contribution in [1.29, 1.82) is 5.26 Å². The Morgan fingerprint density at radius 3 is 2.58 bits per heavy atom. The molecule has 10 heteroatoms. The van der Waals surface area contributed by atoms with Crippen LogP contribution < -0.4 is 10.5 Å². The first-order valence-corrected chi connectivity index (χ1v) is 10.0. The van der Waals surface area contributed by atoms with Crippen LogP contribution >= 0.6 is 23.8 Å². The quantitative estimate of drug-likeness (QED) is 0.504. The van der Waals surface area contributed by atoms with Gasteiger partial charge < -0.3 is 10.5 Å². The summed E-state index contributed by atoms with van der Waals surface area (Å²) in [7, 11) is 0. The third-order valence-electron chi connectivity index (χ3n) is 4.85. The molecule has 0 aliphatic rings. The van der Waals surface area contributed by atoms with E-state index in [4.69, 9.17) is 34.3 Å². The first-order valence-electron chi connectivity index (χ1n) is 9.22. The summed E-state index contributed by atoms with van der Waals surface area (Å²) in [4.78, 5) is -0.104. The SMILES string of the molecule is CCOc1c2ccc(Cl)cc2nn1CC(C)(C#N)c1cc(C(F)(F)F)ccc1C(N)=S. The van der Waals surface area contributed by atoms with Crippen LogP contribution in [0.2, 0.25) is 5.02 Å². The van der Waals surface area contributed by atoms with Crippen molar-refractivity contribution in [3.8, 4) is 11.9 Å². The van der Waals surface area contributed by atoms with E-state index < -0.39 is 17.2 Å². The minimum atomic E-state index is -4.59. The van der Waals surface area contributed by atoms with E-state index in [1.807, 2.05) is 0 Å². The molecule has 0 bridgehead atoms. The maximum atomic E-state index is 13.4. The number of hydrogen-bond acceptors (Lipinski definition) is 4. The normalized spacial score (nSPS) is 13.6. The number of rotatable bonds is 6. The number of aromatic nitrogens is 2. The fourth-order valence-corrected chi connectivity index (χ4v) is 3.70. The Bertz CT molecular complexity index is 1200. The number of benzene rings is 2. The van der Waals surface area contributed by atoms with Gasteiger partial charge in [0.2, 0.25) is 5.88 Å². The molecule has 3 rings (SSSR count). The Kier molecular flexibility index (Phi) is 6.16. The molecule has 0 saturated heterocycles. The minimum absolute atomic E-state index is 0.0670. The van der Waals surface area contributed by atoms with Gasteiger partial charge in [-0.15, -0.1) is 0 Å². The van der Waals surface area contributed by atoms with Crippen molar-refractivity contribution in [3.05, 3.63) is 58.1 Å². The summed E-state index contributed by atoms with van der Waals surface area (Å²) in [6.45, 7) is 3.54. The van der Waals surface area contributed by atoms with E-state index >= 15 is 0 Å². The third kappa shape index (κ3) is 4.45. The maximum absolute atomic E-state index is 13.4. The van der Waals surface area contributed by atoms with Crippen LogP contribution in [0, 0.1) is 11.3 Å². The summed E-state index contributed by atoms with van der Waals surface area (Å²) < 4.78 is 47.3. The molecule has 0 amide bonds. The second kappa shape index (κ2) is 8.36. The van der Waals surface area contributed by atoms with Crippen LogP contribution in [0.3, 0.4) is 0 Å². The van der Waals surface area contributed by atoms with Crippen LogP contribution in [-0.2, 0) is 18.1 Å². The summed E-state index contributed by atoms with van der Waals surface area (Å²) in [5.41, 5.74) is 4.21. The molecule has 31 heavy (non-hydrogen) atoms. The zero-order chi connectivity index (χ0) is 23.0. The lowest BCUT2D eigenvalue weighted by Crippen LogP contribution is -2.31. The smallest absolute Gasteiger partial charge is 0.416 e. The molecule has 1 heterocycles. The van der Waals surface area contributed by atoms with Crippen LogP contribution in [-0.4, -0.2) is 21.4 Å². The average molecular weight is 467 g/mol. The highest BCUT2D eigenvalue weighted by atomic mass is 35.5. The number of fused-ring (bicyclic) bond motifs is 1. The van der Waals surface area contributed by atoms with Crippen molar-refractivity contribution in [1.82, 2.24) is 9.78 Å². The minimum Gasteiger partial charge on any atom is -0.478 e. The van der Waals surface area contributed by atoms with E-state index in [0.29, 0.717) is 28.4 Å². The highest BCUT2D eigenvalue weighted by Gasteiger charge is 2.37. The third-order valence-corrected chi connectivity index (χ3v) is 5.31. The molecule has 1 unspecified atom stereocenters. The molecule has 1 atom stereocenters. The first kappa shape index (κ1) is 22.8. The molecule has 0 aliphatic heterocycles. The molecule has 0 saturated carbocycles. The van der Waals surface area contributed by atoms with Crippen molar-refractivity contribution in [3.63, 3.8) is 0 Å². The van der Waals surface area contributed by atoms with Gasteiger partial charge in [0, 0.05) is 10.6 Å². The van der Waals surface area contributed by atoms with Gasteiger partial charge in [0.05, 0.1) is 41.1 Å². The number of nitriles is 1. The van der Waals surface area contributed by atoms with E-state index in [9.17, 15) is 18.4 Å². The number of alkyl halides is 3. The highest BCUT2D eigenvalue weighted by Crippen LogP contribution is 2.37. The van der Waals surface area contributed by atoms with Gasteiger partial charge in [-0.05, 0) is 49.7 Å². The molecule has 0 aliphatic carbocycles. The van der Waals surface area contributed by atoms with E-state index in [-0.39, 0.29) is 22.7 Å². The lowest BCUT2D eigenvalue weighted by atomic mass is 9.80. The zero-order valence-electron chi connectivity index (χ0n) is 16.6. The second-order valence-electron chi connectivity index (χ2n) is 7.12. The van der Waals surface area contributed by atoms with Crippen molar-refractivity contribution >= 4 is 39.7 Å². The Hall–Kier alpha value is -2.83. The van der Waals surface area contributed by atoms with E-state index in [1.165, 1.54) is 17.7 Å². The van der Waals surface area contributed by atoms with E-state index in [2.05, 4.69) is 11.2 Å². The largest absolute Gasteiger partial charge is 0.478 e. The van der Waals surface area contributed by atoms with Gasteiger partial charge >= 0.3 is 6.18 Å². The topological polar surface area (TPSA) is 76.9 Å². The number of hydrogen-bond donors (Lipinski definition) is 1. The molecule has 3 aromatic rings. The van der Waals surface area contributed by atoms with Crippen molar-refractivity contribution in [2.45, 2.75) is 32.0 Å². The monoisotopic (exact) mass is 466 g/mol. The lowest BCUT2D eigenvalue weighted by molar-refractivity contribution is -0.137. The van der Waals surface area contributed by atoms with Crippen LogP contribution in [0.15, 0.2) is 36.4 Å². The molecular weight excluding hydrogens is 449 g/mol. The van der Waals surface area contributed by atoms with Crippen LogP contribution in [0.5, 0.6) is 5.88 Å². The molecule has 1 aromatic heterocycles. The molecule has 0 radical (unpaired) electrons. The first-order chi connectivity index (χ1) is 14.5. The van der Waals surface area contributed by atoms with Crippen molar-refractivity contribution in [2.75, 3.05) is 6.61 Å². The standard InChI is InChI=1S/C21H18ClF3N4OS/c1-3-30-19-15-7-5-13(22)9-17(15)28-29(19)11-20(2,10-26)16-8-12(21(23,24)25)4-6-14(16)18(27)31/h4-9H,3,11H2,1-2H3,(H2,27,31). The summed E-state index contributed by atoms with van der Waals surface area (Å²) in [5, 5.41) is 15.6. The molecule has 162 valence electrons. The van der Waals surface area contributed by atoms with Gasteiger partial charge in [0.25, 0.3) is 0 Å². The average Bonchev–Trinajstić information content (AvgIpc) is 3.02. The highest BCUT2D eigenvalue weighted by molar-refractivity contribution is 7.80.